The van der Waals surface area contributed by atoms with Crippen molar-refractivity contribution >= 4 is 28.6 Å². The van der Waals surface area contributed by atoms with Crippen molar-refractivity contribution in [1.29, 1.82) is 5.26 Å². The van der Waals surface area contributed by atoms with Gasteiger partial charge in [-0.25, -0.2) is 0 Å². The molecule has 2 nitrogen and oxygen atoms in total. The average Bonchev–Trinajstić information content (AvgIpc) is 2.74. The fourth-order valence-corrected chi connectivity index (χ4v) is 6.63. The van der Waals surface area contributed by atoms with Gasteiger partial charge in [-0.3, -0.25) is 5.09 Å². The van der Waals surface area contributed by atoms with Crippen LogP contribution in [0.3, 0.4) is 0 Å². The Morgan fingerprint density at radius 1 is 0.897 bits per heavy atom. The van der Waals surface area contributed by atoms with E-state index in [0.717, 1.165) is 22.7 Å². The fraction of sp³-hybridized carbons (Fsp3) is 0.136. The highest BCUT2D eigenvalue weighted by Crippen LogP contribution is 2.43. The third kappa shape index (κ3) is 4.94. The summed E-state index contributed by atoms with van der Waals surface area (Å²) in [5.74, 6) is 0. The summed E-state index contributed by atoms with van der Waals surface area (Å²) in [5.41, 5.74) is -0.352. The third-order valence-corrected chi connectivity index (χ3v) is 8.80. The summed E-state index contributed by atoms with van der Waals surface area (Å²) in [5, 5.41) is 14.5. The van der Waals surface area contributed by atoms with E-state index in [-0.39, 0.29) is 6.42 Å². The van der Waals surface area contributed by atoms with Gasteiger partial charge in [-0.15, -0.1) is 0 Å². The molecule has 0 bridgehead atoms. The van der Waals surface area contributed by atoms with Crippen LogP contribution in [0.15, 0.2) is 84.9 Å². The molecule has 3 aromatic carbocycles. The Bertz CT molecular complexity index is 1000. The number of halogens is 3. The Labute approximate surface area is 173 Å². The molecule has 1 N–H and O–H groups in total. The van der Waals surface area contributed by atoms with E-state index in [1.54, 1.807) is 6.07 Å². The molecule has 0 aliphatic rings. The minimum Gasteiger partial charge on any atom is -0.274 e. The van der Waals surface area contributed by atoms with Crippen LogP contribution in [0.4, 0.5) is 13.2 Å². The first-order valence-corrected chi connectivity index (χ1v) is 11.7. The molecule has 0 aromatic heterocycles. The summed E-state index contributed by atoms with van der Waals surface area (Å²) in [4.78, 5) is 0. The molecule has 0 fully saturated rings. The first-order valence-electron chi connectivity index (χ1n) is 8.88. The molecule has 0 saturated heterocycles. The summed E-state index contributed by atoms with van der Waals surface area (Å²) in [6.45, 7) is 0. The predicted molar refractivity (Wildman–Crippen MR) is 114 cm³/mol. The molecule has 0 heterocycles. The van der Waals surface area contributed by atoms with Crippen molar-refractivity contribution in [1.82, 2.24) is 5.09 Å². The second kappa shape index (κ2) is 8.92. The molecule has 0 aliphatic carbocycles. The highest BCUT2D eigenvalue weighted by atomic mass is 32.4. The Kier molecular flexibility index (Phi) is 6.54. The van der Waals surface area contributed by atoms with Crippen molar-refractivity contribution < 1.29 is 13.2 Å². The normalized spacial score (nSPS) is 12.9. The van der Waals surface area contributed by atoms with Crippen molar-refractivity contribution in [3.05, 3.63) is 96.1 Å². The lowest BCUT2D eigenvalue weighted by molar-refractivity contribution is -0.137. The second-order valence-electron chi connectivity index (χ2n) is 6.45. The number of nitrogens with zero attached hydrogens (tertiary/aromatic N) is 1. The van der Waals surface area contributed by atoms with Crippen LogP contribution in [-0.4, -0.2) is 0 Å². The maximum atomic E-state index is 13.2. The van der Waals surface area contributed by atoms with Crippen molar-refractivity contribution in [2.75, 3.05) is 0 Å². The van der Waals surface area contributed by atoms with E-state index in [2.05, 4.69) is 11.2 Å². The SMILES string of the molecule is N#CC[C@@H](NP(=S)(c1ccccc1)c1ccccc1)c1cccc(C(F)(F)F)c1. The average molecular weight is 430 g/mol. The molecule has 0 spiro atoms. The van der Waals surface area contributed by atoms with Crippen molar-refractivity contribution in [3.63, 3.8) is 0 Å². The number of rotatable bonds is 6. The summed E-state index contributed by atoms with van der Waals surface area (Å²) in [6, 6.07) is 25.5. The maximum absolute atomic E-state index is 13.2. The number of nitrogens with one attached hydrogen (secondary N) is 1. The summed E-state index contributed by atoms with van der Waals surface area (Å²) < 4.78 is 39.6. The van der Waals surface area contributed by atoms with E-state index in [0.29, 0.717) is 5.56 Å². The molecule has 3 rings (SSSR count). The zero-order valence-electron chi connectivity index (χ0n) is 15.3. The standard InChI is InChI=1S/C22H18F3N2PS/c23-22(24,25)18-9-7-8-17(16-18)21(14-15-26)27-28(29,19-10-3-1-4-11-19)20-12-5-2-6-13-20/h1-13,16,21H,14H2,(H,27,29)/t21-/m1/s1. The number of hydrogen-bond donors (Lipinski definition) is 1. The summed E-state index contributed by atoms with van der Waals surface area (Å²) >= 11 is 6.10. The van der Waals surface area contributed by atoms with Gasteiger partial charge in [0.2, 0.25) is 0 Å². The van der Waals surface area contributed by atoms with E-state index in [9.17, 15) is 18.4 Å². The quantitative estimate of drug-likeness (QED) is 0.540. The van der Waals surface area contributed by atoms with Gasteiger partial charge in [0, 0.05) is 16.7 Å². The number of benzene rings is 3. The van der Waals surface area contributed by atoms with Gasteiger partial charge >= 0.3 is 6.18 Å². The molecule has 0 saturated carbocycles. The molecule has 0 amide bonds. The zero-order chi connectivity index (χ0) is 20.9. The van der Waals surface area contributed by atoms with Crippen LogP contribution >= 0.6 is 6.19 Å². The molecule has 29 heavy (non-hydrogen) atoms. The maximum Gasteiger partial charge on any atom is 0.416 e. The topological polar surface area (TPSA) is 35.8 Å². The van der Waals surface area contributed by atoms with E-state index < -0.39 is 24.0 Å². The molecule has 0 radical (unpaired) electrons. The lowest BCUT2D eigenvalue weighted by Crippen LogP contribution is -2.30. The van der Waals surface area contributed by atoms with Gasteiger partial charge in [0.1, 0.15) is 0 Å². The summed E-state index contributed by atoms with van der Waals surface area (Å²) in [6.07, 6.45) is -7.03. The molecule has 0 aliphatic heterocycles. The highest BCUT2D eigenvalue weighted by Gasteiger charge is 2.32. The van der Waals surface area contributed by atoms with Gasteiger partial charge in [-0.05, 0) is 17.7 Å². The van der Waals surface area contributed by atoms with Crippen molar-refractivity contribution in [2.45, 2.75) is 18.6 Å². The fourth-order valence-electron chi connectivity index (χ4n) is 3.05. The Morgan fingerprint density at radius 2 is 1.45 bits per heavy atom. The Balaban J connectivity index is 2.08. The monoisotopic (exact) mass is 430 g/mol. The molecule has 0 unspecified atom stereocenters. The molecule has 1 atom stereocenters. The zero-order valence-corrected chi connectivity index (χ0v) is 17.0. The lowest BCUT2D eigenvalue weighted by atomic mass is 10.0. The smallest absolute Gasteiger partial charge is 0.274 e. The highest BCUT2D eigenvalue weighted by molar-refractivity contribution is 8.20. The largest absolute Gasteiger partial charge is 0.416 e. The van der Waals surface area contributed by atoms with Crippen LogP contribution in [0.25, 0.3) is 0 Å². The number of nitriles is 1. The van der Waals surface area contributed by atoms with Crippen LogP contribution in [-0.2, 0) is 18.0 Å². The molecular weight excluding hydrogens is 412 g/mol. The van der Waals surface area contributed by atoms with Crippen LogP contribution in [0, 0.1) is 11.3 Å². The van der Waals surface area contributed by atoms with Crippen LogP contribution in [0.5, 0.6) is 0 Å². The third-order valence-electron chi connectivity index (χ3n) is 4.49. The Morgan fingerprint density at radius 3 is 1.93 bits per heavy atom. The van der Waals surface area contributed by atoms with E-state index in [1.165, 1.54) is 6.07 Å². The number of alkyl halides is 3. The number of hydrogen-bond acceptors (Lipinski definition) is 2. The molecule has 148 valence electrons. The minimum atomic E-state index is -4.45. The molecule has 3 aromatic rings. The first-order chi connectivity index (χ1) is 13.8. The van der Waals surface area contributed by atoms with Gasteiger partial charge < -0.3 is 0 Å². The van der Waals surface area contributed by atoms with E-state index in [4.69, 9.17) is 11.8 Å². The Hall–Kier alpha value is -2.45. The van der Waals surface area contributed by atoms with E-state index in [1.807, 2.05) is 60.7 Å². The van der Waals surface area contributed by atoms with Crippen LogP contribution in [0.2, 0.25) is 0 Å². The molecule has 7 heteroatoms. The van der Waals surface area contributed by atoms with Gasteiger partial charge in [-0.1, -0.05) is 84.6 Å². The minimum absolute atomic E-state index is 0.000627. The van der Waals surface area contributed by atoms with E-state index >= 15 is 0 Å². The second-order valence-corrected chi connectivity index (χ2v) is 10.6. The van der Waals surface area contributed by atoms with Crippen LogP contribution < -0.4 is 15.7 Å². The predicted octanol–water partition coefficient (Wildman–Crippen LogP) is 5.30. The van der Waals surface area contributed by atoms with Crippen molar-refractivity contribution in [3.8, 4) is 6.07 Å². The van der Waals surface area contributed by atoms with Gasteiger partial charge in [0.25, 0.3) is 0 Å². The first kappa shape index (κ1) is 21.3. The van der Waals surface area contributed by atoms with Gasteiger partial charge in [-0.2, -0.15) is 18.4 Å². The lowest BCUT2D eigenvalue weighted by Gasteiger charge is -2.29. The van der Waals surface area contributed by atoms with Gasteiger partial charge in [0.15, 0.2) is 0 Å². The summed E-state index contributed by atoms with van der Waals surface area (Å²) in [7, 11) is 0. The van der Waals surface area contributed by atoms with Gasteiger partial charge in [0.05, 0.1) is 24.2 Å². The van der Waals surface area contributed by atoms with Crippen molar-refractivity contribution in [2.24, 2.45) is 0 Å². The molecular formula is C22H18F3N2PS. The van der Waals surface area contributed by atoms with Crippen LogP contribution in [0.1, 0.15) is 23.6 Å².